The molecule has 0 heterocycles. The highest BCUT2D eigenvalue weighted by Crippen LogP contribution is 1.96. The quantitative estimate of drug-likeness (QED) is 0.342. The van der Waals surface area contributed by atoms with Gasteiger partial charge in [-0.2, -0.15) is 0 Å². The first-order chi connectivity index (χ1) is 3.77. The lowest BCUT2D eigenvalue weighted by molar-refractivity contribution is 0.738. The lowest BCUT2D eigenvalue weighted by Crippen LogP contribution is -2.08. The summed E-state index contributed by atoms with van der Waals surface area (Å²) in [6.07, 6.45) is 4.24. The van der Waals surface area contributed by atoms with Crippen molar-refractivity contribution in [1.29, 1.82) is 5.41 Å². The smallest absolute Gasteiger partial charge is 0.0905 e. The molecule has 0 aliphatic rings. The van der Waals surface area contributed by atoms with Crippen LogP contribution in [0.15, 0.2) is 0 Å². The summed E-state index contributed by atoms with van der Waals surface area (Å²) in [6, 6.07) is 0. The molecule has 2 heteroatoms. The molecular formula is C7H18N2. The summed E-state index contributed by atoms with van der Waals surface area (Å²) < 4.78 is 0. The molecule has 0 bridgehead atoms. The van der Waals surface area contributed by atoms with Crippen molar-refractivity contribution in [3.63, 3.8) is 0 Å². The van der Waals surface area contributed by atoms with Crippen LogP contribution in [0.25, 0.3) is 0 Å². The Hall–Kier alpha value is -0.530. The van der Waals surface area contributed by atoms with Gasteiger partial charge in [0.05, 0.1) is 5.84 Å². The van der Waals surface area contributed by atoms with Gasteiger partial charge in [-0.1, -0.05) is 27.2 Å². The molecule has 0 amide bonds. The number of hydrogen-bond acceptors (Lipinski definition) is 1. The Bertz CT molecular complexity index is 69.3. The molecule has 0 aromatic heterocycles. The number of amidine groups is 1. The van der Waals surface area contributed by atoms with E-state index < -0.39 is 0 Å². The average Bonchev–Trinajstić information content (AvgIpc) is 1.66. The van der Waals surface area contributed by atoms with Gasteiger partial charge in [-0.3, -0.25) is 5.41 Å². The minimum absolute atomic E-state index is 0. The summed E-state index contributed by atoms with van der Waals surface area (Å²) >= 11 is 0. The fourth-order valence-corrected chi connectivity index (χ4v) is 0.565. The predicted molar refractivity (Wildman–Crippen MR) is 42.8 cm³/mol. The van der Waals surface area contributed by atoms with E-state index in [2.05, 4.69) is 6.92 Å². The van der Waals surface area contributed by atoms with Gasteiger partial charge < -0.3 is 5.73 Å². The van der Waals surface area contributed by atoms with Crippen LogP contribution < -0.4 is 5.73 Å². The second-order valence-corrected chi connectivity index (χ2v) is 1.98. The fourth-order valence-electron chi connectivity index (χ4n) is 0.565. The molecule has 0 aliphatic carbocycles. The van der Waals surface area contributed by atoms with E-state index in [1.807, 2.05) is 0 Å². The van der Waals surface area contributed by atoms with E-state index in [0.29, 0.717) is 5.84 Å². The van der Waals surface area contributed by atoms with E-state index in [4.69, 9.17) is 11.1 Å². The van der Waals surface area contributed by atoms with Crippen LogP contribution in [0.4, 0.5) is 0 Å². The zero-order chi connectivity index (χ0) is 6.41. The third-order valence-corrected chi connectivity index (χ3v) is 1.05. The van der Waals surface area contributed by atoms with Crippen molar-refractivity contribution in [2.45, 2.75) is 40.0 Å². The van der Waals surface area contributed by atoms with Gasteiger partial charge in [-0.05, 0) is 6.42 Å². The first kappa shape index (κ1) is 11.3. The van der Waals surface area contributed by atoms with Gasteiger partial charge >= 0.3 is 0 Å². The summed E-state index contributed by atoms with van der Waals surface area (Å²) in [5.41, 5.74) is 5.12. The van der Waals surface area contributed by atoms with Gasteiger partial charge in [0.2, 0.25) is 0 Å². The molecule has 0 unspecified atom stereocenters. The minimum atomic E-state index is 0. The largest absolute Gasteiger partial charge is 0.388 e. The van der Waals surface area contributed by atoms with E-state index in [1.54, 1.807) is 0 Å². The third-order valence-electron chi connectivity index (χ3n) is 1.05. The topological polar surface area (TPSA) is 49.9 Å². The SMILES string of the molecule is C.CCCCCC(=N)N. The standard InChI is InChI=1S/C6H14N2.CH4/c1-2-3-4-5-6(7)8;/h2-5H2,1H3,(H3,7,8);1H4. The van der Waals surface area contributed by atoms with Crippen molar-refractivity contribution < 1.29 is 0 Å². The molecule has 56 valence electrons. The molecule has 9 heavy (non-hydrogen) atoms. The average molecular weight is 130 g/mol. The number of unbranched alkanes of at least 4 members (excludes halogenated alkanes) is 2. The molecule has 2 nitrogen and oxygen atoms in total. The fraction of sp³-hybridized carbons (Fsp3) is 0.857. The van der Waals surface area contributed by atoms with Crippen LogP contribution in [-0.4, -0.2) is 5.84 Å². The molecule has 0 rings (SSSR count). The Balaban J connectivity index is 0. The van der Waals surface area contributed by atoms with Crippen molar-refractivity contribution in [3.05, 3.63) is 0 Å². The minimum Gasteiger partial charge on any atom is -0.388 e. The number of hydrogen-bond donors (Lipinski definition) is 2. The first-order valence-electron chi connectivity index (χ1n) is 3.10. The molecule has 0 radical (unpaired) electrons. The van der Waals surface area contributed by atoms with Gasteiger partial charge in [0.1, 0.15) is 0 Å². The summed E-state index contributed by atoms with van der Waals surface area (Å²) in [7, 11) is 0. The van der Waals surface area contributed by atoms with Crippen LogP contribution in [0, 0.1) is 5.41 Å². The van der Waals surface area contributed by atoms with Crippen LogP contribution >= 0.6 is 0 Å². The Morgan fingerprint density at radius 3 is 2.33 bits per heavy atom. The summed E-state index contributed by atoms with van der Waals surface area (Å²) in [5, 5.41) is 6.85. The Morgan fingerprint density at radius 1 is 1.44 bits per heavy atom. The van der Waals surface area contributed by atoms with Crippen molar-refractivity contribution >= 4 is 5.84 Å². The molecule has 3 N–H and O–H groups in total. The zero-order valence-electron chi connectivity index (χ0n) is 5.41. The lowest BCUT2D eigenvalue weighted by atomic mass is 10.2. The monoisotopic (exact) mass is 130 g/mol. The molecular weight excluding hydrogens is 112 g/mol. The second kappa shape index (κ2) is 7.47. The Kier molecular flexibility index (Phi) is 9.37. The van der Waals surface area contributed by atoms with E-state index in [-0.39, 0.29) is 7.43 Å². The highest BCUT2D eigenvalue weighted by atomic mass is 14.7. The molecule has 0 fully saturated rings. The molecule has 0 aromatic rings. The molecule has 0 aliphatic heterocycles. The van der Waals surface area contributed by atoms with Crippen LogP contribution in [-0.2, 0) is 0 Å². The second-order valence-electron chi connectivity index (χ2n) is 1.98. The normalized spacial score (nSPS) is 8.11. The molecule has 0 saturated carbocycles. The van der Waals surface area contributed by atoms with Crippen molar-refractivity contribution in [2.75, 3.05) is 0 Å². The summed E-state index contributed by atoms with van der Waals surface area (Å²) in [6.45, 7) is 2.14. The lowest BCUT2D eigenvalue weighted by Gasteiger charge is -1.93. The number of nitrogens with two attached hydrogens (primary N) is 1. The maximum atomic E-state index is 6.85. The van der Waals surface area contributed by atoms with Crippen LogP contribution in [0.5, 0.6) is 0 Å². The summed E-state index contributed by atoms with van der Waals surface area (Å²) in [5.74, 6) is 0.318. The number of rotatable bonds is 4. The van der Waals surface area contributed by atoms with Gasteiger partial charge in [0, 0.05) is 6.42 Å². The highest BCUT2D eigenvalue weighted by molar-refractivity contribution is 5.76. The van der Waals surface area contributed by atoms with Gasteiger partial charge in [0.25, 0.3) is 0 Å². The van der Waals surface area contributed by atoms with Gasteiger partial charge in [-0.15, -0.1) is 0 Å². The summed E-state index contributed by atoms with van der Waals surface area (Å²) in [4.78, 5) is 0. The molecule has 0 saturated heterocycles. The number of nitrogens with one attached hydrogen (secondary N) is 1. The Morgan fingerprint density at radius 2 is 2.00 bits per heavy atom. The van der Waals surface area contributed by atoms with Gasteiger partial charge in [-0.25, -0.2) is 0 Å². The highest BCUT2D eigenvalue weighted by Gasteiger charge is 1.86. The van der Waals surface area contributed by atoms with Gasteiger partial charge in [0.15, 0.2) is 0 Å². The van der Waals surface area contributed by atoms with Crippen molar-refractivity contribution in [3.8, 4) is 0 Å². The van der Waals surface area contributed by atoms with E-state index in [9.17, 15) is 0 Å². The zero-order valence-corrected chi connectivity index (χ0v) is 5.41. The molecule has 0 atom stereocenters. The van der Waals surface area contributed by atoms with Crippen molar-refractivity contribution in [1.82, 2.24) is 0 Å². The predicted octanol–water partition coefficient (Wildman–Crippen LogP) is 2.14. The van der Waals surface area contributed by atoms with E-state index >= 15 is 0 Å². The van der Waals surface area contributed by atoms with Crippen LogP contribution in [0.2, 0.25) is 0 Å². The molecule has 0 spiro atoms. The van der Waals surface area contributed by atoms with Crippen molar-refractivity contribution in [2.24, 2.45) is 5.73 Å². The van der Waals surface area contributed by atoms with E-state index in [0.717, 1.165) is 12.8 Å². The van der Waals surface area contributed by atoms with E-state index in [1.165, 1.54) is 12.8 Å². The first-order valence-corrected chi connectivity index (χ1v) is 3.10. The van der Waals surface area contributed by atoms with Crippen LogP contribution in [0.3, 0.4) is 0 Å². The molecule has 0 aromatic carbocycles. The Labute approximate surface area is 58.0 Å². The maximum Gasteiger partial charge on any atom is 0.0905 e. The third kappa shape index (κ3) is 11.2. The van der Waals surface area contributed by atoms with Crippen LogP contribution in [0.1, 0.15) is 40.0 Å². The maximum absolute atomic E-state index is 6.85.